The third kappa shape index (κ3) is 1.69. The lowest BCUT2D eigenvalue weighted by Crippen LogP contribution is -2.23. The van der Waals surface area contributed by atoms with Gasteiger partial charge in [-0.2, -0.15) is 0 Å². The molecule has 0 saturated heterocycles. The van der Waals surface area contributed by atoms with Crippen LogP contribution in [0.2, 0.25) is 0 Å². The maximum Gasteiger partial charge on any atom is 0.150 e. The molecule has 2 bridgehead atoms. The minimum atomic E-state index is 0.596. The molecule has 0 unspecified atom stereocenters. The largest absolute Gasteiger partial charge is 0.298 e. The Hall–Kier alpha value is -2.22. The van der Waals surface area contributed by atoms with Crippen LogP contribution in [0.25, 0.3) is 11.1 Å². The molecule has 0 radical (unpaired) electrons. The Labute approximate surface area is 135 Å². The van der Waals surface area contributed by atoms with Crippen molar-refractivity contribution in [3.63, 3.8) is 0 Å². The highest BCUT2D eigenvalue weighted by atomic mass is 16.1. The van der Waals surface area contributed by atoms with Crippen LogP contribution in [-0.2, 0) is 0 Å². The van der Waals surface area contributed by atoms with E-state index in [9.17, 15) is 9.59 Å². The molecule has 3 aliphatic carbocycles. The van der Waals surface area contributed by atoms with Crippen molar-refractivity contribution < 1.29 is 9.59 Å². The van der Waals surface area contributed by atoms with E-state index in [1.807, 2.05) is 24.3 Å². The van der Waals surface area contributed by atoms with Crippen LogP contribution < -0.4 is 0 Å². The fourth-order valence-electron chi connectivity index (χ4n) is 5.53. The third-order valence-corrected chi connectivity index (χ3v) is 6.35. The molecule has 0 heterocycles. The van der Waals surface area contributed by atoms with Gasteiger partial charge in [-0.3, -0.25) is 9.59 Å². The van der Waals surface area contributed by atoms with Gasteiger partial charge in [-0.25, -0.2) is 0 Å². The van der Waals surface area contributed by atoms with Crippen molar-refractivity contribution in [2.45, 2.75) is 31.1 Å². The van der Waals surface area contributed by atoms with Crippen LogP contribution in [0.4, 0.5) is 0 Å². The highest BCUT2D eigenvalue weighted by molar-refractivity contribution is 5.86. The van der Waals surface area contributed by atoms with Gasteiger partial charge >= 0.3 is 0 Å². The number of fused-ring (bicyclic) bond motifs is 10. The molecule has 2 saturated carbocycles. The maximum atomic E-state index is 11.2. The SMILES string of the molecule is O=Cc1ccc2c(c1)-c1cc(C=O)ccc1[C@H]1[C@@H]3CC[C@@H](C3)[C@@H]21. The van der Waals surface area contributed by atoms with Crippen molar-refractivity contribution >= 4 is 12.6 Å². The number of hydrogen-bond acceptors (Lipinski definition) is 2. The van der Waals surface area contributed by atoms with Gasteiger partial charge in [0.15, 0.2) is 0 Å². The van der Waals surface area contributed by atoms with Crippen LogP contribution in [0.1, 0.15) is 62.9 Å². The maximum absolute atomic E-state index is 11.2. The van der Waals surface area contributed by atoms with E-state index in [1.54, 1.807) is 0 Å². The van der Waals surface area contributed by atoms with Gasteiger partial charge < -0.3 is 0 Å². The summed E-state index contributed by atoms with van der Waals surface area (Å²) in [6, 6.07) is 12.2. The molecule has 2 nitrogen and oxygen atoms in total. The molecule has 4 atom stereocenters. The summed E-state index contributed by atoms with van der Waals surface area (Å²) in [6.45, 7) is 0. The first kappa shape index (κ1) is 13.2. The monoisotopic (exact) mass is 302 g/mol. The molecule has 2 fully saturated rings. The van der Waals surface area contributed by atoms with E-state index in [0.717, 1.165) is 24.4 Å². The number of carbonyl (C=O) groups is 2. The summed E-state index contributed by atoms with van der Waals surface area (Å²) >= 11 is 0. The molecular weight excluding hydrogens is 284 g/mol. The van der Waals surface area contributed by atoms with Crippen LogP contribution in [0.3, 0.4) is 0 Å². The van der Waals surface area contributed by atoms with Crippen LogP contribution in [-0.4, -0.2) is 12.6 Å². The van der Waals surface area contributed by atoms with Crippen molar-refractivity contribution in [3.8, 4) is 11.1 Å². The lowest BCUT2D eigenvalue weighted by atomic mass is 9.65. The topological polar surface area (TPSA) is 34.1 Å². The van der Waals surface area contributed by atoms with E-state index in [4.69, 9.17) is 0 Å². The van der Waals surface area contributed by atoms with Gasteiger partial charge in [0.2, 0.25) is 0 Å². The first-order valence-corrected chi connectivity index (χ1v) is 8.49. The summed E-state index contributed by atoms with van der Waals surface area (Å²) in [5.74, 6) is 2.76. The summed E-state index contributed by atoms with van der Waals surface area (Å²) in [5, 5.41) is 0. The lowest BCUT2D eigenvalue weighted by molar-refractivity contribution is 0.111. The molecule has 2 aromatic carbocycles. The summed E-state index contributed by atoms with van der Waals surface area (Å²) < 4.78 is 0. The number of hydrogen-bond donors (Lipinski definition) is 0. The molecule has 3 aliphatic rings. The minimum absolute atomic E-state index is 0.596. The van der Waals surface area contributed by atoms with Crippen molar-refractivity contribution in [2.75, 3.05) is 0 Å². The minimum Gasteiger partial charge on any atom is -0.298 e. The molecule has 0 N–H and O–H groups in total. The highest BCUT2D eigenvalue weighted by Crippen LogP contribution is 2.65. The van der Waals surface area contributed by atoms with E-state index < -0.39 is 0 Å². The molecule has 23 heavy (non-hydrogen) atoms. The Morgan fingerprint density at radius 1 is 0.739 bits per heavy atom. The van der Waals surface area contributed by atoms with Gasteiger partial charge in [0.1, 0.15) is 12.6 Å². The Kier molecular flexibility index (Phi) is 2.67. The zero-order valence-electron chi connectivity index (χ0n) is 12.9. The van der Waals surface area contributed by atoms with E-state index in [1.165, 1.54) is 41.5 Å². The molecule has 2 aromatic rings. The second-order valence-corrected chi connectivity index (χ2v) is 7.31. The van der Waals surface area contributed by atoms with Crippen molar-refractivity contribution in [2.24, 2.45) is 11.8 Å². The van der Waals surface area contributed by atoms with Crippen molar-refractivity contribution in [1.82, 2.24) is 0 Å². The van der Waals surface area contributed by atoms with Crippen LogP contribution in [0, 0.1) is 11.8 Å². The Balaban J connectivity index is 1.80. The quantitative estimate of drug-likeness (QED) is 0.760. The highest BCUT2D eigenvalue weighted by Gasteiger charge is 2.51. The summed E-state index contributed by atoms with van der Waals surface area (Å²) in [4.78, 5) is 22.5. The van der Waals surface area contributed by atoms with Gasteiger partial charge in [0.25, 0.3) is 0 Å². The van der Waals surface area contributed by atoms with E-state index >= 15 is 0 Å². The van der Waals surface area contributed by atoms with Crippen LogP contribution in [0.15, 0.2) is 36.4 Å². The van der Waals surface area contributed by atoms with Crippen molar-refractivity contribution in [3.05, 3.63) is 58.7 Å². The molecular formula is C21H18O2. The van der Waals surface area contributed by atoms with Gasteiger partial charge in [0, 0.05) is 11.1 Å². The second-order valence-electron chi connectivity index (χ2n) is 7.31. The molecule has 114 valence electrons. The van der Waals surface area contributed by atoms with E-state index in [0.29, 0.717) is 23.0 Å². The molecule has 0 aromatic heterocycles. The first-order chi connectivity index (χ1) is 11.3. The average Bonchev–Trinajstić information content (AvgIpc) is 3.23. The zero-order chi connectivity index (χ0) is 15.6. The number of benzene rings is 2. The Morgan fingerprint density at radius 2 is 1.22 bits per heavy atom. The third-order valence-electron chi connectivity index (χ3n) is 6.35. The Morgan fingerprint density at radius 3 is 1.65 bits per heavy atom. The standard InChI is InChI=1S/C21H18O2/c22-10-12-1-5-16-18(7-12)19-8-13(11-23)2-6-17(19)21-15-4-3-14(9-15)20(16)21/h1-2,5-8,10-11,14-15,20-21H,3-4,9H2/t14-,15+,20-,21+. The summed E-state index contributed by atoms with van der Waals surface area (Å²) in [7, 11) is 0. The van der Waals surface area contributed by atoms with Crippen LogP contribution in [0.5, 0.6) is 0 Å². The summed E-state index contributed by atoms with van der Waals surface area (Å²) in [6.07, 6.45) is 5.83. The predicted molar refractivity (Wildman–Crippen MR) is 89.0 cm³/mol. The van der Waals surface area contributed by atoms with Gasteiger partial charge in [-0.05, 0) is 77.3 Å². The molecule has 0 aliphatic heterocycles. The summed E-state index contributed by atoms with van der Waals surface area (Å²) in [5.41, 5.74) is 6.55. The van der Waals surface area contributed by atoms with E-state index in [-0.39, 0.29) is 0 Å². The molecule has 5 rings (SSSR count). The fraction of sp³-hybridized carbons (Fsp3) is 0.333. The molecule has 2 heteroatoms. The number of aldehydes is 2. The normalized spacial score (nSPS) is 29.6. The van der Waals surface area contributed by atoms with E-state index in [2.05, 4.69) is 12.1 Å². The van der Waals surface area contributed by atoms with Gasteiger partial charge in [0.05, 0.1) is 0 Å². The van der Waals surface area contributed by atoms with Crippen molar-refractivity contribution in [1.29, 1.82) is 0 Å². The predicted octanol–water partition coefficient (Wildman–Crippen LogP) is 4.59. The molecule has 0 amide bonds. The van der Waals surface area contributed by atoms with Gasteiger partial charge in [-0.1, -0.05) is 24.3 Å². The smallest absolute Gasteiger partial charge is 0.150 e. The van der Waals surface area contributed by atoms with Crippen LogP contribution >= 0.6 is 0 Å². The fourth-order valence-corrected chi connectivity index (χ4v) is 5.53. The molecule has 0 spiro atoms. The number of carbonyl (C=O) groups excluding carboxylic acids is 2. The zero-order valence-corrected chi connectivity index (χ0v) is 12.9. The van der Waals surface area contributed by atoms with Gasteiger partial charge in [-0.15, -0.1) is 0 Å². The second kappa shape index (κ2) is 4.64. The Bertz CT molecular complexity index is 766. The number of rotatable bonds is 2. The first-order valence-electron chi connectivity index (χ1n) is 8.49. The lowest BCUT2D eigenvalue weighted by Gasteiger charge is -2.38. The average molecular weight is 302 g/mol.